The number of carbonyl (C=O) groups is 2. The molecule has 2 rings (SSSR count). The van der Waals surface area contributed by atoms with Crippen LogP contribution in [0.5, 0.6) is 0 Å². The van der Waals surface area contributed by atoms with Crippen LogP contribution >= 0.6 is 24.0 Å². The number of thiocarbonyl (C=S) groups is 1. The lowest BCUT2D eigenvalue weighted by Gasteiger charge is -2.14. The highest BCUT2D eigenvalue weighted by molar-refractivity contribution is 8.26. The van der Waals surface area contributed by atoms with Crippen molar-refractivity contribution >= 4 is 46.3 Å². The summed E-state index contributed by atoms with van der Waals surface area (Å²) in [5.74, 6) is -1.11. The summed E-state index contributed by atoms with van der Waals surface area (Å²) in [6, 6.07) is 9.85. The van der Waals surface area contributed by atoms with Gasteiger partial charge in [-0.1, -0.05) is 72.9 Å². The first-order valence-electron chi connectivity index (χ1n) is 7.75. The maximum atomic E-state index is 12.3. The fourth-order valence-electron chi connectivity index (χ4n) is 2.23. The van der Waals surface area contributed by atoms with Crippen molar-refractivity contribution in [1.82, 2.24) is 4.90 Å². The van der Waals surface area contributed by atoms with Gasteiger partial charge < -0.3 is 9.90 Å². The predicted molar refractivity (Wildman–Crippen MR) is 98.9 cm³/mol. The number of nitrogens with zero attached hydrogens (tertiary/aromatic N) is 1. The molecule has 1 aliphatic rings. The molecule has 0 spiro atoms. The minimum absolute atomic E-state index is 0.0581. The van der Waals surface area contributed by atoms with Crippen LogP contribution < -0.4 is 5.11 Å². The summed E-state index contributed by atoms with van der Waals surface area (Å²) in [6.45, 7) is 0.525. The number of hydrogen-bond acceptors (Lipinski definition) is 5. The molecule has 0 radical (unpaired) electrons. The first kappa shape index (κ1) is 18.4. The molecule has 24 heavy (non-hydrogen) atoms. The SMILES string of the molecule is O=C([O-])CCCCCN1C(=O)/C(=C/C=C/c2ccccc2)SC1=S. The summed E-state index contributed by atoms with van der Waals surface area (Å²) >= 11 is 6.56. The molecule has 0 unspecified atom stereocenters. The molecular formula is C18H18NO3S2-. The lowest BCUT2D eigenvalue weighted by molar-refractivity contribution is -0.305. The van der Waals surface area contributed by atoms with Crippen molar-refractivity contribution in [2.24, 2.45) is 0 Å². The van der Waals surface area contributed by atoms with E-state index in [9.17, 15) is 14.7 Å². The third-order valence-corrected chi connectivity index (χ3v) is 4.87. The number of aliphatic carboxylic acids is 1. The summed E-state index contributed by atoms with van der Waals surface area (Å²) in [6.07, 6.45) is 7.65. The maximum Gasteiger partial charge on any atom is 0.266 e. The lowest BCUT2D eigenvalue weighted by Crippen LogP contribution is -2.29. The van der Waals surface area contributed by atoms with Gasteiger partial charge in [0.1, 0.15) is 4.32 Å². The van der Waals surface area contributed by atoms with Gasteiger partial charge in [0.15, 0.2) is 0 Å². The Morgan fingerprint density at radius 3 is 2.67 bits per heavy atom. The van der Waals surface area contributed by atoms with Crippen molar-refractivity contribution in [2.45, 2.75) is 25.7 Å². The van der Waals surface area contributed by atoms with E-state index in [4.69, 9.17) is 12.2 Å². The van der Waals surface area contributed by atoms with Gasteiger partial charge in [-0.05, 0) is 30.9 Å². The van der Waals surface area contributed by atoms with Crippen molar-refractivity contribution in [2.75, 3.05) is 6.54 Å². The lowest BCUT2D eigenvalue weighted by atomic mass is 10.2. The predicted octanol–water partition coefficient (Wildman–Crippen LogP) is 2.75. The smallest absolute Gasteiger partial charge is 0.266 e. The third kappa shape index (κ3) is 5.62. The number of amides is 1. The van der Waals surface area contributed by atoms with Crippen LogP contribution in [0.1, 0.15) is 31.2 Å². The zero-order valence-electron chi connectivity index (χ0n) is 13.1. The summed E-state index contributed by atoms with van der Waals surface area (Å²) < 4.78 is 0.555. The molecule has 0 saturated carbocycles. The summed E-state index contributed by atoms with van der Waals surface area (Å²) in [4.78, 5) is 24.9. The maximum absolute atomic E-state index is 12.3. The number of allylic oxidation sites excluding steroid dienone is 2. The number of carboxylic acid groups (broad SMARTS) is 1. The Kier molecular flexibility index (Phi) is 7.21. The monoisotopic (exact) mass is 360 g/mol. The highest BCUT2D eigenvalue weighted by Crippen LogP contribution is 2.31. The van der Waals surface area contributed by atoms with E-state index in [2.05, 4.69) is 0 Å². The van der Waals surface area contributed by atoms with Gasteiger partial charge in [-0.25, -0.2) is 0 Å². The third-order valence-electron chi connectivity index (χ3n) is 3.47. The Labute approximate surface area is 151 Å². The van der Waals surface area contributed by atoms with Crippen LogP contribution in [0.4, 0.5) is 0 Å². The molecular weight excluding hydrogens is 342 g/mol. The van der Waals surface area contributed by atoms with E-state index >= 15 is 0 Å². The molecule has 0 N–H and O–H groups in total. The number of hydrogen-bond donors (Lipinski definition) is 0. The highest BCUT2D eigenvalue weighted by Gasteiger charge is 2.30. The summed E-state index contributed by atoms with van der Waals surface area (Å²) in [7, 11) is 0. The van der Waals surface area contributed by atoms with Crippen LogP contribution in [-0.4, -0.2) is 27.6 Å². The Bertz CT molecular complexity index is 668. The topological polar surface area (TPSA) is 60.4 Å². The van der Waals surface area contributed by atoms with E-state index in [-0.39, 0.29) is 12.3 Å². The van der Waals surface area contributed by atoms with Gasteiger partial charge in [0.25, 0.3) is 5.91 Å². The van der Waals surface area contributed by atoms with Gasteiger partial charge in [-0.3, -0.25) is 9.69 Å². The van der Waals surface area contributed by atoms with Gasteiger partial charge >= 0.3 is 0 Å². The van der Waals surface area contributed by atoms with Crippen LogP contribution in [0.25, 0.3) is 6.08 Å². The minimum atomic E-state index is -1.03. The first-order valence-corrected chi connectivity index (χ1v) is 8.97. The largest absolute Gasteiger partial charge is 0.550 e. The van der Waals surface area contributed by atoms with Crippen molar-refractivity contribution in [3.05, 3.63) is 53.0 Å². The van der Waals surface area contributed by atoms with Crippen LogP contribution in [-0.2, 0) is 9.59 Å². The fourth-order valence-corrected chi connectivity index (χ4v) is 3.49. The number of carboxylic acids is 1. The van der Waals surface area contributed by atoms with Gasteiger partial charge in [0.2, 0.25) is 0 Å². The summed E-state index contributed by atoms with van der Waals surface area (Å²) in [5, 5.41) is 10.4. The van der Waals surface area contributed by atoms with Gasteiger partial charge in [0.05, 0.1) is 4.91 Å². The standard InChI is InChI=1S/C18H19NO3S2/c20-16(21)12-5-2-6-13-19-17(22)15(24-18(19)23)11-7-10-14-8-3-1-4-9-14/h1,3-4,7-11H,2,5-6,12-13H2,(H,20,21)/p-1/b10-7+,15-11-. The zero-order chi connectivity index (χ0) is 17.4. The van der Waals surface area contributed by atoms with E-state index in [0.717, 1.165) is 18.4 Å². The first-order chi connectivity index (χ1) is 11.6. The van der Waals surface area contributed by atoms with E-state index in [1.165, 1.54) is 11.8 Å². The quantitative estimate of drug-likeness (QED) is 0.405. The molecule has 6 heteroatoms. The van der Waals surface area contributed by atoms with Crippen LogP contribution in [0, 0.1) is 0 Å². The van der Waals surface area contributed by atoms with E-state index in [0.29, 0.717) is 22.2 Å². The Balaban J connectivity index is 1.85. The fraction of sp³-hybridized carbons (Fsp3) is 0.278. The molecule has 1 saturated heterocycles. The Morgan fingerprint density at radius 2 is 1.96 bits per heavy atom. The van der Waals surface area contributed by atoms with E-state index in [1.807, 2.05) is 42.5 Å². The Hall–Kier alpha value is -1.92. The molecule has 0 aromatic heterocycles. The second-order valence-electron chi connectivity index (χ2n) is 5.31. The minimum Gasteiger partial charge on any atom is -0.550 e. The van der Waals surface area contributed by atoms with Crippen LogP contribution in [0.15, 0.2) is 47.4 Å². The molecule has 126 valence electrons. The molecule has 1 amide bonds. The number of unbranched alkanes of at least 4 members (excludes halogenated alkanes) is 2. The van der Waals surface area contributed by atoms with Crippen molar-refractivity contribution in [3.8, 4) is 0 Å². The van der Waals surface area contributed by atoms with Gasteiger partial charge in [-0.2, -0.15) is 0 Å². The highest BCUT2D eigenvalue weighted by atomic mass is 32.2. The molecule has 4 nitrogen and oxygen atoms in total. The molecule has 0 atom stereocenters. The molecule has 0 bridgehead atoms. The normalized spacial score (nSPS) is 16.5. The van der Waals surface area contributed by atoms with Gasteiger partial charge in [0, 0.05) is 12.5 Å². The molecule has 1 heterocycles. The molecule has 0 aliphatic carbocycles. The van der Waals surface area contributed by atoms with E-state index in [1.54, 1.807) is 11.0 Å². The number of rotatable bonds is 8. The zero-order valence-corrected chi connectivity index (χ0v) is 14.8. The van der Waals surface area contributed by atoms with Crippen molar-refractivity contribution in [1.29, 1.82) is 0 Å². The number of benzene rings is 1. The van der Waals surface area contributed by atoms with Gasteiger partial charge in [-0.15, -0.1) is 0 Å². The molecule has 1 fully saturated rings. The van der Waals surface area contributed by atoms with E-state index < -0.39 is 5.97 Å². The van der Waals surface area contributed by atoms with Crippen LogP contribution in [0.2, 0.25) is 0 Å². The molecule has 1 aliphatic heterocycles. The van der Waals surface area contributed by atoms with Crippen LogP contribution in [0.3, 0.4) is 0 Å². The number of carbonyl (C=O) groups excluding carboxylic acids is 2. The average molecular weight is 360 g/mol. The van der Waals surface area contributed by atoms with Crippen molar-refractivity contribution in [3.63, 3.8) is 0 Å². The summed E-state index contributed by atoms with van der Waals surface area (Å²) in [5.41, 5.74) is 1.07. The Morgan fingerprint density at radius 1 is 1.21 bits per heavy atom. The second kappa shape index (κ2) is 9.39. The van der Waals surface area contributed by atoms with Crippen molar-refractivity contribution < 1.29 is 14.7 Å². The average Bonchev–Trinajstić information content (AvgIpc) is 2.82. The molecule has 1 aromatic rings. The second-order valence-corrected chi connectivity index (χ2v) is 6.98. The molecule has 1 aromatic carbocycles. The number of thioether (sulfide) groups is 1.